The summed E-state index contributed by atoms with van der Waals surface area (Å²) in [6.07, 6.45) is 0. The summed E-state index contributed by atoms with van der Waals surface area (Å²) in [6, 6.07) is 11.1. The number of hydrogen-bond donors (Lipinski definition) is 2. The molecule has 5 nitrogen and oxygen atoms in total. The van der Waals surface area contributed by atoms with Crippen LogP contribution < -0.4 is 5.32 Å². The zero-order valence-electron chi connectivity index (χ0n) is 11.3. The molecule has 0 radical (unpaired) electrons. The van der Waals surface area contributed by atoms with E-state index in [0.717, 1.165) is 12.1 Å². The zero-order valence-corrected chi connectivity index (χ0v) is 12.1. The summed E-state index contributed by atoms with van der Waals surface area (Å²) in [5.41, 5.74) is 2.20. The molecule has 0 amide bonds. The van der Waals surface area contributed by atoms with Crippen LogP contribution in [0.2, 0.25) is 0 Å². The number of nitrogens with one attached hydrogen (secondary N) is 1. The maximum atomic E-state index is 11.5. The maximum absolute atomic E-state index is 11.5. The molecule has 0 fully saturated rings. The van der Waals surface area contributed by atoms with Gasteiger partial charge in [-0.05, 0) is 13.0 Å². The molecular formula is C15H13N3O2S. The van der Waals surface area contributed by atoms with Gasteiger partial charge < -0.3 is 10.4 Å². The number of pyridine rings is 1. The quantitative estimate of drug-likeness (QED) is 0.771. The van der Waals surface area contributed by atoms with Gasteiger partial charge in [0.2, 0.25) is 0 Å². The van der Waals surface area contributed by atoms with Gasteiger partial charge in [-0.1, -0.05) is 41.7 Å². The lowest BCUT2D eigenvalue weighted by atomic mass is 10.1. The molecule has 2 heterocycles. The third kappa shape index (κ3) is 2.57. The Bertz CT molecular complexity index is 799. The smallest absolute Gasteiger partial charge is 0.337 e. The molecular weight excluding hydrogens is 286 g/mol. The third-order valence-corrected chi connectivity index (χ3v) is 4.02. The number of aromatic nitrogens is 2. The first-order valence-corrected chi connectivity index (χ1v) is 7.35. The largest absolute Gasteiger partial charge is 0.478 e. The SMILES string of the molecule is CCNc1nc2nc(-c3ccccc3)cc(C(=O)O)c2s1. The van der Waals surface area contributed by atoms with Crippen LogP contribution in [0.5, 0.6) is 0 Å². The van der Waals surface area contributed by atoms with Gasteiger partial charge in [0, 0.05) is 12.1 Å². The van der Waals surface area contributed by atoms with Gasteiger partial charge in [0.25, 0.3) is 0 Å². The highest BCUT2D eigenvalue weighted by molar-refractivity contribution is 7.22. The number of thiazole rings is 1. The van der Waals surface area contributed by atoms with Gasteiger partial charge in [0.05, 0.1) is 16.0 Å². The number of aromatic carboxylic acids is 1. The topological polar surface area (TPSA) is 75.1 Å². The van der Waals surface area contributed by atoms with Crippen LogP contribution >= 0.6 is 11.3 Å². The number of rotatable bonds is 4. The number of hydrogen-bond acceptors (Lipinski definition) is 5. The molecule has 3 aromatic rings. The number of carboxylic acids is 1. The molecule has 0 saturated heterocycles. The Morgan fingerprint density at radius 3 is 2.71 bits per heavy atom. The number of benzene rings is 1. The van der Waals surface area contributed by atoms with E-state index in [4.69, 9.17) is 0 Å². The van der Waals surface area contributed by atoms with E-state index < -0.39 is 5.97 Å². The average Bonchev–Trinajstić information content (AvgIpc) is 2.89. The van der Waals surface area contributed by atoms with Crippen LogP contribution in [0.25, 0.3) is 21.6 Å². The Hall–Kier alpha value is -2.47. The number of anilines is 1. The van der Waals surface area contributed by atoms with Crippen molar-refractivity contribution in [1.29, 1.82) is 0 Å². The number of nitrogens with zero attached hydrogens (tertiary/aromatic N) is 2. The minimum absolute atomic E-state index is 0.237. The van der Waals surface area contributed by atoms with Gasteiger partial charge in [0.15, 0.2) is 10.8 Å². The van der Waals surface area contributed by atoms with Crippen molar-refractivity contribution in [3.63, 3.8) is 0 Å². The van der Waals surface area contributed by atoms with E-state index in [1.54, 1.807) is 6.07 Å². The highest BCUT2D eigenvalue weighted by Crippen LogP contribution is 2.31. The number of fused-ring (bicyclic) bond motifs is 1. The first-order valence-electron chi connectivity index (χ1n) is 6.53. The van der Waals surface area contributed by atoms with E-state index in [-0.39, 0.29) is 5.56 Å². The molecule has 2 N–H and O–H groups in total. The van der Waals surface area contributed by atoms with E-state index in [9.17, 15) is 9.90 Å². The van der Waals surface area contributed by atoms with E-state index in [1.165, 1.54) is 11.3 Å². The summed E-state index contributed by atoms with van der Waals surface area (Å²) < 4.78 is 0.595. The van der Waals surface area contributed by atoms with Crippen molar-refractivity contribution in [2.45, 2.75) is 6.92 Å². The van der Waals surface area contributed by atoms with E-state index in [0.29, 0.717) is 21.2 Å². The maximum Gasteiger partial charge on any atom is 0.337 e. The molecule has 1 aromatic carbocycles. The second-order valence-electron chi connectivity index (χ2n) is 4.43. The molecule has 0 bridgehead atoms. The van der Waals surface area contributed by atoms with Gasteiger partial charge in [-0.2, -0.15) is 0 Å². The van der Waals surface area contributed by atoms with Crippen LogP contribution in [-0.2, 0) is 0 Å². The van der Waals surface area contributed by atoms with Gasteiger partial charge in [-0.25, -0.2) is 14.8 Å². The van der Waals surface area contributed by atoms with Crippen molar-refractivity contribution < 1.29 is 9.90 Å². The molecule has 0 aliphatic carbocycles. The molecule has 0 aliphatic heterocycles. The molecule has 0 spiro atoms. The van der Waals surface area contributed by atoms with Crippen molar-refractivity contribution in [2.24, 2.45) is 0 Å². The Morgan fingerprint density at radius 2 is 2.05 bits per heavy atom. The fraction of sp³-hybridized carbons (Fsp3) is 0.133. The van der Waals surface area contributed by atoms with Gasteiger partial charge >= 0.3 is 5.97 Å². The first kappa shape index (κ1) is 13.5. The second-order valence-corrected chi connectivity index (χ2v) is 5.43. The zero-order chi connectivity index (χ0) is 14.8. The lowest BCUT2D eigenvalue weighted by Gasteiger charge is -2.02. The molecule has 21 heavy (non-hydrogen) atoms. The molecule has 0 aliphatic rings. The molecule has 0 atom stereocenters. The summed E-state index contributed by atoms with van der Waals surface area (Å²) in [6.45, 7) is 2.70. The number of carboxylic acid groups (broad SMARTS) is 1. The van der Waals surface area contributed by atoms with Crippen LogP contribution in [0.3, 0.4) is 0 Å². The monoisotopic (exact) mass is 299 g/mol. The van der Waals surface area contributed by atoms with E-state index in [2.05, 4.69) is 15.3 Å². The standard InChI is InChI=1S/C15H13N3O2S/c1-2-16-15-18-13-12(21-15)10(14(19)20)8-11(17-13)9-6-4-3-5-7-9/h3-8H,2H2,1H3,(H,19,20)(H,16,17,18). The van der Waals surface area contributed by atoms with Gasteiger partial charge in [0.1, 0.15) is 0 Å². The van der Waals surface area contributed by atoms with Crippen molar-refractivity contribution in [3.05, 3.63) is 42.0 Å². The molecule has 2 aromatic heterocycles. The average molecular weight is 299 g/mol. The van der Waals surface area contributed by atoms with Gasteiger partial charge in [-0.15, -0.1) is 0 Å². The normalized spacial score (nSPS) is 10.7. The van der Waals surface area contributed by atoms with E-state index >= 15 is 0 Å². The molecule has 3 rings (SSSR count). The molecule has 0 unspecified atom stereocenters. The predicted octanol–water partition coefficient (Wildman–Crippen LogP) is 3.49. The second kappa shape index (κ2) is 5.49. The predicted molar refractivity (Wildman–Crippen MR) is 84.0 cm³/mol. The first-order chi connectivity index (χ1) is 10.2. The van der Waals surface area contributed by atoms with Gasteiger partial charge in [-0.3, -0.25) is 0 Å². The van der Waals surface area contributed by atoms with Crippen molar-refractivity contribution in [2.75, 3.05) is 11.9 Å². The summed E-state index contributed by atoms with van der Waals surface area (Å²) in [7, 11) is 0. The van der Waals surface area contributed by atoms with Crippen LogP contribution in [-0.4, -0.2) is 27.6 Å². The Kier molecular flexibility index (Phi) is 3.53. The third-order valence-electron chi connectivity index (χ3n) is 2.99. The fourth-order valence-corrected chi connectivity index (χ4v) is 3.04. The van der Waals surface area contributed by atoms with Crippen LogP contribution in [0, 0.1) is 0 Å². The van der Waals surface area contributed by atoms with Crippen LogP contribution in [0.15, 0.2) is 36.4 Å². The minimum Gasteiger partial charge on any atom is -0.478 e. The molecule has 106 valence electrons. The Balaban J connectivity index is 2.22. The van der Waals surface area contributed by atoms with Crippen LogP contribution in [0.1, 0.15) is 17.3 Å². The summed E-state index contributed by atoms with van der Waals surface area (Å²) in [5.74, 6) is -0.966. The van der Waals surface area contributed by atoms with E-state index in [1.807, 2.05) is 37.3 Å². The fourth-order valence-electron chi connectivity index (χ4n) is 2.05. The summed E-state index contributed by atoms with van der Waals surface area (Å²) in [4.78, 5) is 20.3. The van der Waals surface area contributed by atoms with Crippen LogP contribution in [0.4, 0.5) is 5.13 Å². The number of carbonyl (C=O) groups is 1. The lowest BCUT2D eigenvalue weighted by Crippen LogP contribution is -1.99. The molecule has 6 heteroatoms. The highest BCUT2D eigenvalue weighted by Gasteiger charge is 2.17. The Morgan fingerprint density at radius 1 is 1.29 bits per heavy atom. The Labute approximate surface area is 125 Å². The summed E-state index contributed by atoms with van der Waals surface area (Å²) in [5, 5.41) is 13.2. The lowest BCUT2D eigenvalue weighted by molar-refractivity contribution is 0.0699. The minimum atomic E-state index is -0.966. The molecule has 0 saturated carbocycles. The van der Waals surface area contributed by atoms with Crippen molar-refractivity contribution in [3.8, 4) is 11.3 Å². The van der Waals surface area contributed by atoms with Crippen molar-refractivity contribution >= 4 is 32.8 Å². The van der Waals surface area contributed by atoms with Crippen molar-refractivity contribution in [1.82, 2.24) is 9.97 Å². The highest BCUT2D eigenvalue weighted by atomic mass is 32.1. The summed E-state index contributed by atoms with van der Waals surface area (Å²) >= 11 is 1.32.